The number of carbonyl (C=O) groups is 1. The molecule has 0 saturated carbocycles. The highest BCUT2D eigenvalue weighted by Gasteiger charge is 2.33. The summed E-state index contributed by atoms with van der Waals surface area (Å²) in [6.07, 6.45) is -4.10. The molecule has 0 bridgehead atoms. The van der Waals surface area contributed by atoms with Gasteiger partial charge in [-0.2, -0.15) is 13.2 Å². The first-order valence-corrected chi connectivity index (χ1v) is 12.9. The zero-order valence-electron chi connectivity index (χ0n) is 23.9. The summed E-state index contributed by atoms with van der Waals surface area (Å²) in [5.74, 6) is 0.572. The number of aliphatic hydroxyl groups excluding tert-OH is 1. The second kappa shape index (κ2) is 12.3. The fourth-order valence-electron chi connectivity index (χ4n) is 4.14. The number of nitrogens with zero attached hydrogens (tertiary/aromatic N) is 4. The zero-order valence-corrected chi connectivity index (χ0v) is 23.9. The van der Waals surface area contributed by atoms with Gasteiger partial charge in [0, 0.05) is 29.7 Å². The van der Waals surface area contributed by atoms with Crippen molar-refractivity contribution in [1.82, 2.24) is 14.7 Å². The molecule has 2 N–H and O–H groups in total. The fraction of sp³-hybridized carbons (Fsp3) is 0.556. The SMILES string of the molecule is CCOc1nn2c(NCC(F)(F)F)n[n+](CC(=O)c3cc(OCCCO)c(OC)c(C(C)(C)C)c3)c2c(C)c1C. The largest absolute Gasteiger partial charge is 0.493 e. The molecule has 1 aromatic carbocycles. The van der Waals surface area contributed by atoms with Gasteiger partial charge in [0.1, 0.15) is 6.54 Å². The lowest BCUT2D eigenvalue weighted by Gasteiger charge is -2.25. The Labute approximate surface area is 231 Å². The maximum Gasteiger partial charge on any atom is 0.405 e. The number of methoxy groups -OCH3 is 1. The van der Waals surface area contributed by atoms with E-state index in [2.05, 4.69) is 15.5 Å². The van der Waals surface area contributed by atoms with Gasteiger partial charge in [0.25, 0.3) is 5.88 Å². The number of fused-ring (bicyclic) bond motifs is 1. The minimum Gasteiger partial charge on any atom is -0.493 e. The van der Waals surface area contributed by atoms with Gasteiger partial charge >= 0.3 is 17.8 Å². The van der Waals surface area contributed by atoms with Crippen molar-refractivity contribution in [2.75, 3.05) is 38.8 Å². The van der Waals surface area contributed by atoms with Crippen LogP contribution in [-0.2, 0) is 12.0 Å². The van der Waals surface area contributed by atoms with E-state index in [9.17, 15) is 18.0 Å². The predicted molar refractivity (Wildman–Crippen MR) is 142 cm³/mol. The number of ketones is 1. The van der Waals surface area contributed by atoms with Crippen molar-refractivity contribution in [3.8, 4) is 17.4 Å². The molecule has 0 spiro atoms. The van der Waals surface area contributed by atoms with Crippen LogP contribution in [0.5, 0.6) is 17.4 Å². The van der Waals surface area contributed by atoms with Crippen molar-refractivity contribution in [3.05, 3.63) is 34.4 Å². The molecule has 0 aliphatic rings. The van der Waals surface area contributed by atoms with Crippen LogP contribution in [0.1, 0.15) is 61.2 Å². The molecule has 0 aliphatic heterocycles. The Bertz CT molecular complexity index is 1370. The molecule has 3 rings (SSSR count). The van der Waals surface area contributed by atoms with Gasteiger partial charge in [0.15, 0.2) is 18.0 Å². The maximum absolute atomic E-state index is 13.7. The van der Waals surface area contributed by atoms with Crippen molar-refractivity contribution in [2.24, 2.45) is 0 Å². The van der Waals surface area contributed by atoms with E-state index in [1.54, 1.807) is 32.9 Å². The molecule has 220 valence electrons. The van der Waals surface area contributed by atoms with E-state index in [1.807, 2.05) is 20.8 Å². The summed E-state index contributed by atoms with van der Waals surface area (Å²) in [5.41, 5.74) is 2.32. The van der Waals surface area contributed by atoms with Crippen LogP contribution in [0, 0.1) is 13.8 Å². The van der Waals surface area contributed by atoms with E-state index < -0.39 is 18.1 Å². The molecule has 3 aromatic rings. The molecule has 0 radical (unpaired) electrons. The molecule has 0 unspecified atom stereocenters. The molecule has 0 atom stereocenters. The van der Waals surface area contributed by atoms with Gasteiger partial charge in [-0.25, -0.2) is 0 Å². The standard InChI is InChI=1S/C27H37F3N5O5/c1-8-39-23-16(2)17(3)24-34(33-25(35(24)32-23)31-15-27(28,29)30)14-20(37)18-12-19(26(4,5)6)22(38-7)21(13-18)40-11-9-10-36/h12-13,36H,8-11,14-15H2,1-7H3,(H,31,33)/q+1. The van der Waals surface area contributed by atoms with Crippen LogP contribution >= 0.6 is 0 Å². The van der Waals surface area contributed by atoms with Crippen LogP contribution < -0.4 is 24.2 Å². The number of aliphatic hydroxyl groups is 1. The Morgan fingerprint density at radius 3 is 2.42 bits per heavy atom. The molecule has 0 aliphatic carbocycles. The summed E-state index contributed by atoms with van der Waals surface area (Å²) < 4.78 is 58.7. The average Bonchev–Trinajstić information content (AvgIpc) is 3.21. The first-order valence-electron chi connectivity index (χ1n) is 12.9. The van der Waals surface area contributed by atoms with Gasteiger partial charge in [0.2, 0.25) is 5.78 Å². The number of benzene rings is 1. The van der Waals surface area contributed by atoms with Crippen LogP contribution in [0.15, 0.2) is 12.1 Å². The van der Waals surface area contributed by atoms with Gasteiger partial charge in [0.05, 0.1) is 25.9 Å². The van der Waals surface area contributed by atoms with Crippen LogP contribution in [0.3, 0.4) is 0 Å². The Kier molecular flexibility index (Phi) is 9.49. The van der Waals surface area contributed by atoms with Crippen LogP contribution in [0.25, 0.3) is 5.65 Å². The van der Waals surface area contributed by atoms with Gasteiger partial charge in [-0.1, -0.05) is 25.3 Å². The van der Waals surface area contributed by atoms with E-state index in [1.165, 1.54) is 16.3 Å². The summed E-state index contributed by atoms with van der Waals surface area (Å²) in [5, 5.41) is 20.1. The number of anilines is 1. The Balaban J connectivity index is 2.12. The van der Waals surface area contributed by atoms with Crippen molar-refractivity contribution in [2.45, 2.75) is 66.1 Å². The minimum atomic E-state index is -4.49. The third-order valence-corrected chi connectivity index (χ3v) is 6.24. The highest BCUT2D eigenvalue weighted by Crippen LogP contribution is 2.40. The number of halogens is 3. The van der Waals surface area contributed by atoms with Gasteiger partial charge in [-0.05, 0) is 48.5 Å². The Morgan fingerprint density at radius 2 is 1.85 bits per heavy atom. The van der Waals surface area contributed by atoms with Crippen LogP contribution in [-0.4, -0.2) is 65.3 Å². The lowest BCUT2D eigenvalue weighted by Crippen LogP contribution is -2.41. The molecule has 0 amide bonds. The molecule has 13 heteroatoms. The maximum atomic E-state index is 13.7. The van der Waals surface area contributed by atoms with Gasteiger partial charge < -0.3 is 24.6 Å². The lowest BCUT2D eigenvalue weighted by molar-refractivity contribution is -0.714. The summed E-state index contributed by atoms with van der Waals surface area (Å²) in [4.78, 5) is 13.7. The van der Waals surface area contributed by atoms with E-state index in [0.29, 0.717) is 46.9 Å². The van der Waals surface area contributed by atoms with Crippen molar-refractivity contribution in [3.63, 3.8) is 0 Å². The smallest absolute Gasteiger partial charge is 0.405 e. The molecular formula is C27H37F3N5O5+. The number of aromatic nitrogens is 4. The third kappa shape index (κ3) is 6.93. The average molecular weight is 569 g/mol. The monoisotopic (exact) mass is 568 g/mol. The number of ether oxygens (including phenoxy) is 3. The predicted octanol–water partition coefficient (Wildman–Crippen LogP) is 3.96. The first kappa shape index (κ1) is 30.9. The molecular weight excluding hydrogens is 531 g/mol. The topological polar surface area (TPSA) is 111 Å². The van der Waals surface area contributed by atoms with Gasteiger partial charge in [-0.15, -0.1) is 4.68 Å². The van der Waals surface area contributed by atoms with Crippen LogP contribution in [0.4, 0.5) is 19.1 Å². The van der Waals surface area contributed by atoms with E-state index in [0.717, 1.165) is 5.56 Å². The van der Waals surface area contributed by atoms with E-state index in [4.69, 9.17) is 19.3 Å². The molecule has 40 heavy (non-hydrogen) atoms. The number of carbonyl (C=O) groups excluding carboxylic acids is 1. The first-order chi connectivity index (χ1) is 18.7. The Hall–Kier alpha value is -3.61. The van der Waals surface area contributed by atoms with E-state index >= 15 is 0 Å². The molecule has 2 heterocycles. The Morgan fingerprint density at radius 1 is 1.15 bits per heavy atom. The lowest BCUT2D eigenvalue weighted by atomic mass is 9.84. The second-order valence-electron chi connectivity index (χ2n) is 10.3. The van der Waals surface area contributed by atoms with Crippen LogP contribution in [0.2, 0.25) is 0 Å². The summed E-state index contributed by atoms with van der Waals surface area (Å²) in [7, 11) is 1.52. The van der Waals surface area contributed by atoms with E-state index in [-0.39, 0.29) is 37.4 Å². The zero-order chi connectivity index (χ0) is 29.8. The minimum absolute atomic E-state index is 0.0559. The molecule has 2 aromatic heterocycles. The number of Topliss-reactive ketones (excluding diaryl/α,β-unsaturated/α-hetero) is 1. The molecule has 0 saturated heterocycles. The number of hydrogen-bond acceptors (Lipinski definition) is 8. The van der Waals surface area contributed by atoms with Crippen molar-refractivity contribution in [1.29, 1.82) is 0 Å². The van der Waals surface area contributed by atoms with Gasteiger partial charge in [-0.3, -0.25) is 4.79 Å². The van der Waals surface area contributed by atoms with Crippen molar-refractivity contribution < 1.29 is 42.0 Å². The number of nitrogens with one attached hydrogen (secondary N) is 1. The number of rotatable bonds is 12. The number of alkyl halides is 3. The second-order valence-corrected chi connectivity index (χ2v) is 10.3. The number of aryl methyl sites for hydroxylation is 1. The number of hydrogen-bond donors (Lipinski definition) is 2. The summed E-state index contributed by atoms with van der Waals surface area (Å²) >= 11 is 0. The third-order valence-electron chi connectivity index (χ3n) is 6.24. The quantitative estimate of drug-likeness (QED) is 0.192. The van der Waals surface area contributed by atoms with Crippen molar-refractivity contribution >= 4 is 17.4 Å². The normalized spacial score (nSPS) is 12.1. The summed E-state index contributed by atoms with van der Waals surface area (Å²) in [6, 6.07) is 3.30. The summed E-state index contributed by atoms with van der Waals surface area (Å²) in [6.45, 7) is 10.1. The fourth-order valence-corrected chi connectivity index (χ4v) is 4.14. The molecule has 0 fully saturated rings. The molecule has 10 nitrogen and oxygen atoms in total. The highest BCUT2D eigenvalue weighted by atomic mass is 19.4. The highest BCUT2D eigenvalue weighted by molar-refractivity contribution is 5.96.